The minimum atomic E-state index is 0.0627. The predicted molar refractivity (Wildman–Crippen MR) is 107 cm³/mol. The van der Waals surface area contributed by atoms with Crippen LogP contribution in [0.1, 0.15) is 53.0 Å². The molecule has 0 bridgehead atoms. The fraction of sp³-hybridized carbons (Fsp3) is 0.409. The molecule has 0 saturated carbocycles. The van der Waals surface area contributed by atoms with Crippen molar-refractivity contribution in [3.05, 3.63) is 59.0 Å². The minimum absolute atomic E-state index is 0.0627. The van der Waals surface area contributed by atoms with E-state index in [-0.39, 0.29) is 5.91 Å². The molecular formula is C22H26N4O. The molecule has 140 valence electrons. The molecule has 0 N–H and O–H groups in total. The first-order valence-corrected chi connectivity index (χ1v) is 9.75. The number of fused-ring (bicyclic) bond motifs is 1. The van der Waals surface area contributed by atoms with Crippen LogP contribution in [0.25, 0.3) is 10.9 Å². The Kier molecular flexibility index (Phi) is 4.68. The van der Waals surface area contributed by atoms with Crippen molar-refractivity contribution in [2.45, 2.75) is 46.1 Å². The fourth-order valence-electron chi connectivity index (χ4n) is 4.28. The summed E-state index contributed by atoms with van der Waals surface area (Å²) >= 11 is 0. The van der Waals surface area contributed by atoms with Crippen molar-refractivity contribution in [3.8, 4) is 0 Å². The normalized spacial score (nSPS) is 17.4. The lowest BCUT2D eigenvalue weighted by molar-refractivity contribution is 0.0704. The Hall–Kier alpha value is -2.69. The summed E-state index contributed by atoms with van der Waals surface area (Å²) in [7, 11) is 0. The van der Waals surface area contributed by atoms with Crippen molar-refractivity contribution in [1.82, 2.24) is 19.7 Å². The molecule has 0 aliphatic carbocycles. The molecule has 1 atom stereocenters. The number of piperidine rings is 1. The topological polar surface area (TPSA) is 51.0 Å². The molecule has 3 aromatic rings. The van der Waals surface area contributed by atoms with E-state index in [1.54, 1.807) is 6.20 Å². The molecular weight excluding hydrogens is 336 g/mol. The number of nitrogens with zero attached hydrogens (tertiary/aromatic N) is 4. The monoisotopic (exact) mass is 362 g/mol. The summed E-state index contributed by atoms with van der Waals surface area (Å²) in [4.78, 5) is 14.9. The SMILES string of the molecule is CCn1c(C2CCCN(C(=O)c3cnnc(C)c3)C2)cc2cc(C)ccc21. The van der Waals surface area contributed by atoms with Gasteiger partial charge in [-0.1, -0.05) is 11.6 Å². The number of carbonyl (C=O) groups excluding carboxylic acids is 1. The lowest BCUT2D eigenvalue weighted by atomic mass is 9.94. The predicted octanol–water partition coefficient (Wildman–Crippen LogP) is 4.09. The van der Waals surface area contributed by atoms with Crippen LogP contribution in [0.5, 0.6) is 0 Å². The first kappa shape index (κ1) is 17.7. The molecule has 1 aromatic carbocycles. The van der Waals surface area contributed by atoms with E-state index < -0.39 is 0 Å². The van der Waals surface area contributed by atoms with Crippen LogP contribution in [0, 0.1) is 13.8 Å². The van der Waals surface area contributed by atoms with E-state index in [1.165, 1.54) is 22.2 Å². The fourth-order valence-corrected chi connectivity index (χ4v) is 4.28. The summed E-state index contributed by atoms with van der Waals surface area (Å²) in [6.45, 7) is 8.70. The van der Waals surface area contributed by atoms with E-state index in [4.69, 9.17) is 0 Å². The summed E-state index contributed by atoms with van der Waals surface area (Å²) in [5.41, 5.74) is 5.32. The Labute approximate surface area is 160 Å². The second kappa shape index (κ2) is 7.14. The van der Waals surface area contributed by atoms with Gasteiger partial charge < -0.3 is 9.47 Å². The number of rotatable bonds is 3. The summed E-state index contributed by atoms with van der Waals surface area (Å²) < 4.78 is 2.41. The average Bonchev–Trinajstić information content (AvgIpc) is 3.05. The molecule has 2 aromatic heterocycles. The maximum absolute atomic E-state index is 13.0. The van der Waals surface area contributed by atoms with Gasteiger partial charge in [0.1, 0.15) is 0 Å². The van der Waals surface area contributed by atoms with Crippen LogP contribution in [0.3, 0.4) is 0 Å². The summed E-state index contributed by atoms with van der Waals surface area (Å²) in [5, 5.41) is 9.20. The third-order valence-electron chi connectivity index (χ3n) is 5.56. The van der Waals surface area contributed by atoms with E-state index in [0.29, 0.717) is 11.5 Å². The van der Waals surface area contributed by atoms with Gasteiger partial charge >= 0.3 is 0 Å². The molecule has 1 amide bonds. The highest BCUT2D eigenvalue weighted by Crippen LogP contribution is 2.32. The molecule has 1 aliphatic rings. The Balaban J connectivity index is 1.63. The highest BCUT2D eigenvalue weighted by atomic mass is 16.2. The second-order valence-corrected chi connectivity index (χ2v) is 7.55. The first-order valence-electron chi connectivity index (χ1n) is 9.75. The molecule has 1 aliphatic heterocycles. The van der Waals surface area contributed by atoms with Gasteiger partial charge in [-0.25, -0.2) is 0 Å². The van der Waals surface area contributed by atoms with Gasteiger partial charge in [-0.15, -0.1) is 0 Å². The van der Waals surface area contributed by atoms with Crippen molar-refractivity contribution in [1.29, 1.82) is 0 Å². The van der Waals surface area contributed by atoms with Gasteiger partial charge in [0.05, 0.1) is 17.5 Å². The largest absolute Gasteiger partial charge is 0.345 e. The third-order valence-corrected chi connectivity index (χ3v) is 5.56. The Morgan fingerprint density at radius 2 is 2.07 bits per heavy atom. The summed E-state index contributed by atoms with van der Waals surface area (Å²) in [6, 6.07) is 10.8. The number of aryl methyl sites for hydroxylation is 3. The zero-order chi connectivity index (χ0) is 19.0. The smallest absolute Gasteiger partial charge is 0.255 e. The molecule has 4 rings (SSSR count). The maximum atomic E-state index is 13.0. The lowest BCUT2D eigenvalue weighted by Gasteiger charge is -2.33. The first-order chi connectivity index (χ1) is 13.1. The molecule has 1 saturated heterocycles. The Morgan fingerprint density at radius 3 is 2.85 bits per heavy atom. The second-order valence-electron chi connectivity index (χ2n) is 7.55. The van der Waals surface area contributed by atoms with Crippen molar-refractivity contribution >= 4 is 16.8 Å². The van der Waals surface area contributed by atoms with E-state index in [1.807, 2.05) is 17.9 Å². The van der Waals surface area contributed by atoms with E-state index in [0.717, 1.165) is 38.2 Å². The van der Waals surface area contributed by atoms with Crippen LogP contribution < -0.4 is 0 Å². The molecule has 3 heterocycles. The number of amides is 1. The molecule has 0 radical (unpaired) electrons. The maximum Gasteiger partial charge on any atom is 0.255 e. The Bertz CT molecular complexity index is 991. The van der Waals surface area contributed by atoms with E-state index in [9.17, 15) is 4.79 Å². The van der Waals surface area contributed by atoms with Crippen molar-refractivity contribution in [2.24, 2.45) is 0 Å². The average molecular weight is 362 g/mol. The van der Waals surface area contributed by atoms with Crippen molar-refractivity contribution in [3.63, 3.8) is 0 Å². The van der Waals surface area contributed by atoms with Gasteiger partial charge in [-0.05, 0) is 57.9 Å². The van der Waals surface area contributed by atoms with Gasteiger partial charge in [0.25, 0.3) is 5.91 Å². The van der Waals surface area contributed by atoms with Crippen LogP contribution in [0.15, 0.2) is 36.5 Å². The van der Waals surface area contributed by atoms with E-state index >= 15 is 0 Å². The van der Waals surface area contributed by atoms with E-state index in [2.05, 4.69) is 52.9 Å². The summed E-state index contributed by atoms with van der Waals surface area (Å²) in [6.07, 6.45) is 3.72. The van der Waals surface area contributed by atoms with Gasteiger partial charge in [-0.2, -0.15) is 10.2 Å². The lowest BCUT2D eigenvalue weighted by Crippen LogP contribution is -2.39. The van der Waals surface area contributed by atoms with Gasteiger partial charge in [0, 0.05) is 42.1 Å². The molecule has 1 unspecified atom stereocenters. The minimum Gasteiger partial charge on any atom is -0.345 e. The number of aromatic nitrogens is 3. The highest BCUT2D eigenvalue weighted by molar-refractivity contribution is 5.94. The zero-order valence-electron chi connectivity index (χ0n) is 16.3. The standard InChI is InChI=1S/C22H26N4O/c1-4-26-20-8-7-15(2)10-18(20)12-21(26)17-6-5-9-25(14-17)22(27)19-11-16(3)24-23-13-19/h7-8,10-13,17H,4-6,9,14H2,1-3H3. The Morgan fingerprint density at radius 1 is 1.22 bits per heavy atom. The van der Waals surface area contributed by atoms with Gasteiger partial charge in [0.15, 0.2) is 0 Å². The number of hydrogen-bond acceptors (Lipinski definition) is 3. The number of benzene rings is 1. The third kappa shape index (κ3) is 3.34. The number of likely N-dealkylation sites (tertiary alicyclic amines) is 1. The van der Waals surface area contributed by atoms with Gasteiger partial charge in [0.2, 0.25) is 0 Å². The zero-order valence-corrected chi connectivity index (χ0v) is 16.3. The molecule has 5 nitrogen and oxygen atoms in total. The van der Waals surface area contributed by atoms with Crippen LogP contribution in [0.4, 0.5) is 0 Å². The molecule has 5 heteroatoms. The quantitative estimate of drug-likeness (QED) is 0.705. The number of hydrogen-bond donors (Lipinski definition) is 0. The highest BCUT2D eigenvalue weighted by Gasteiger charge is 2.28. The molecule has 1 fully saturated rings. The summed E-state index contributed by atoms with van der Waals surface area (Å²) in [5.74, 6) is 0.430. The van der Waals surface area contributed by atoms with Crippen LogP contribution in [-0.4, -0.2) is 38.7 Å². The molecule has 27 heavy (non-hydrogen) atoms. The number of carbonyl (C=O) groups is 1. The van der Waals surface area contributed by atoms with Gasteiger partial charge in [-0.3, -0.25) is 4.79 Å². The van der Waals surface area contributed by atoms with Crippen molar-refractivity contribution < 1.29 is 4.79 Å². The van der Waals surface area contributed by atoms with Crippen molar-refractivity contribution in [2.75, 3.05) is 13.1 Å². The molecule has 0 spiro atoms. The van der Waals surface area contributed by atoms with Crippen LogP contribution >= 0.6 is 0 Å². The van der Waals surface area contributed by atoms with Crippen LogP contribution in [-0.2, 0) is 6.54 Å². The van der Waals surface area contributed by atoms with Crippen LogP contribution in [0.2, 0.25) is 0 Å².